The van der Waals surface area contributed by atoms with Gasteiger partial charge in [0, 0.05) is 12.2 Å². The van der Waals surface area contributed by atoms with Crippen LogP contribution in [-0.2, 0) is 6.42 Å². The van der Waals surface area contributed by atoms with Crippen molar-refractivity contribution >= 4 is 33.4 Å². The Labute approximate surface area is 115 Å². The molecule has 0 amide bonds. The molecule has 4 nitrogen and oxygen atoms in total. The minimum absolute atomic E-state index is 0.708. The molecule has 0 atom stereocenters. The van der Waals surface area contributed by atoms with Crippen molar-refractivity contribution in [3.05, 3.63) is 11.2 Å². The second-order valence-corrected chi connectivity index (χ2v) is 6.17. The molecule has 0 saturated heterocycles. The first-order valence-electron chi connectivity index (χ1n) is 6.28. The molecular weight excluding hydrogens is 264 g/mol. The molecule has 0 unspecified atom stereocenters. The Balaban J connectivity index is 2.07. The largest absolute Gasteiger partial charge is 0.330 e. The van der Waals surface area contributed by atoms with Crippen molar-refractivity contribution in [1.29, 1.82) is 0 Å². The Morgan fingerprint density at radius 3 is 3.00 bits per heavy atom. The average Bonchev–Trinajstić information content (AvgIpc) is 2.78. The fourth-order valence-electron chi connectivity index (χ4n) is 1.50. The van der Waals surface area contributed by atoms with E-state index < -0.39 is 0 Å². The minimum atomic E-state index is 0.708. The van der Waals surface area contributed by atoms with Gasteiger partial charge in [-0.1, -0.05) is 36.4 Å². The van der Waals surface area contributed by atoms with Crippen molar-refractivity contribution in [2.24, 2.45) is 5.73 Å². The first-order chi connectivity index (χ1) is 8.83. The van der Waals surface area contributed by atoms with E-state index in [1.165, 1.54) is 12.8 Å². The summed E-state index contributed by atoms with van der Waals surface area (Å²) in [5, 5.41) is 1.98. The van der Waals surface area contributed by atoms with Gasteiger partial charge in [0.2, 0.25) is 0 Å². The molecule has 0 bridgehead atoms. The lowest BCUT2D eigenvalue weighted by atomic mass is 10.3. The second-order valence-electron chi connectivity index (χ2n) is 4.04. The summed E-state index contributed by atoms with van der Waals surface area (Å²) in [4.78, 5) is 14.4. The van der Waals surface area contributed by atoms with Crippen LogP contribution in [0, 0.1) is 0 Å². The van der Waals surface area contributed by atoms with Crippen molar-refractivity contribution in [3.8, 4) is 0 Å². The monoisotopic (exact) mass is 282 g/mol. The lowest BCUT2D eigenvalue weighted by molar-refractivity contribution is 0.828. The van der Waals surface area contributed by atoms with Crippen molar-refractivity contribution in [2.75, 3.05) is 12.3 Å². The zero-order chi connectivity index (χ0) is 12.8. The van der Waals surface area contributed by atoms with E-state index in [1.54, 1.807) is 23.1 Å². The maximum absolute atomic E-state index is 5.51. The van der Waals surface area contributed by atoms with Gasteiger partial charge in [-0.15, -0.1) is 0 Å². The summed E-state index contributed by atoms with van der Waals surface area (Å²) in [6, 6.07) is 0. The van der Waals surface area contributed by atoms with Gasteiger partial charge < -0.3 is 5.73 Å². The zero-order valence-electron chi connectivity index (χ0n) is 10.6. The van der Waals surface area contributed by atoms with Crippen molar-refractivity contribution in [1.82, 2.24) is 15.0 Å². The summed E-state index contributed by atoms with van der Waals surface area (Å²) >= 11 is 3.38. The quantitative estimate of drug-likeness (QED) is 0.480. The van der Waals surface area contributed by atoms with Gasteiger partial charge in [-0.25, -0.2) is 15.0 Å². The lowest BCUT2D eigenvalue weighted by Gasteiger charge is -1.97. The predicted octanol–water partition coefficient (Wildman–Crippen LogP) is 2.87. The number of thioether (sulfide) groups is 1. The van der Waals surface area contributed by atoms with Crippen molar-refractivity contribution in [2.45, 2.75) is 37.8 Å². The highest BCUT2D eigenvalue weighted by Crippen LogP contribution is 2.23. The van der Waals surface area contributed by atoms with E-state index in [1.807, 2.05) is 6.20 Å². The Morgan fingerprint density at radius 1 is 1.33 bits per heavy atom. The number of rotatable bonds is 7. The fourth-order valence-corrected chi connectivity index (χ4v) is 3.41. The van der Waals surface area contributed by atoms with Gasteiger partial charge >= 0.3 is 0 Å². The molecule has 0 aromatic carbocycles. The van der Waals surface area contributed by atoms with E-state index in [0.717, 1.165) is 39.1 Å². The van der Waals surface area contributed by atoms with Crippen LogP contribution in [0.5, 0.6) is 0 Å². The van der Waals surface area contributed by atoms with Crippen molar-refractivity contribution in [3.63, 3.8) is 0 Å². The predicted molar refractivity (Wildman–Crippen MR) is 78.2 cm³/mol. The number of hydrogen-bond acceptors (Lipinski definition) is 6. The summed E-state index contributed by atoms with van der Waals surface area (Å²) in [5.74, 6) is 1.08. The van der Waals surface area contributed by atoms with Gasteiger partial charge in [0.25, 0.3) is 0 Å². The topological polar surface area (TPSA) is 64.7 Å². The summed E-state index contributed by atoms with van der Waals surface area (Å²) < 4.78 is 0. The van der Waals surface area contributed by atoms with Crippen LogP contribution in [0.4, 0.5) is 0 Å². The van der Waals surface area contributed by atoms with Crippen LogP contribution in [0.1, 0.15) is 31.2 Å². The molecule has 98 valence electrons. The van der Waals surface area contributed by atoms with Crippen LogP contribution in [0.15, 0.2) is 11.4 Å². The highest BCUT2D eigenvalue weighted by Gasteiger charge is 2.07. The first kappa shape index (κ1) is 13.7. The van der Waals surface area contributed by atoms with E-state index in [4.69, 9.17) is 5.73 Å². The number of thiazole rings is 1. The molecule has 0 radical (unpaired) electrons. The maximum Gasteiger partial charge on any atom is 0.189 e. The molecule has 0 fully saturated rings. The third-order valence-corrected chi connectivity index (χ3v) is 4.47. The minimum Gasteiger partial charge on any atom is -0.330 e. The summed E-state index contributed by atoms with van der Waals surface area (Å²) in [5.41, 5.74) is 6.42. The number of aryl methyl sites for hydroxylation is 1. The fraction of sp³-hybridized carbons (Fsp3) is 0.583. The molecule has 2 heterocycles. The summed E-state index contributed by atoms with van der Waals surface area (Å²) in [6.45, 7) is 2.90. The van der Waals surface area contributed by atoms with Gasteiger partial charge in [-0.2, -0.15) is 0 Å². The van der Waals surface area contributed by atoms with E-state index in [-0.39, 0.29) is 0 Å². The maximum atomic E-state index is 5.51. The Kier molecular flexibility index (Phi) is 5.34. The smallest absolute Gasteiger partial charge is 0.189 e. The van der Waals surface area contributed by atoms with E-state index in [9.17, 15) is 0 Å². The average molecular weight is 282 g/mol. The van der Waals surface area contributed by atoms with Gasteiger partial charge in [-0.05, 0) is 19.4 Å². The van der Waals surface area contributed by atoms with Gasteiger partial charge in [0.1, 0.15) is 10.3 Å². The molecule has 2 aromatic heterocycles. The molecule has 0 spiro atoms. The molecule has 0 aliphatic rings. The zero-order valence-corrected chi connectivity index (χ0v) is 12.2. The van der Waals surface area contributed by atoms with E-state index in [2.05, 4.69) is 21.9 Å². The number of nitrogens with zero attached hydrogens (tertiary/aromatic N) is 3. The first-order valence-corrected chi connectivity index (χ1v) is 8.09. The molecule has 6 heteroatoms. The highest BCUT2D eigenvalue weighted by molar-refractivity contribution is 7.99. The molecule has 18 heavy (non-hydrogen) atoms. The van der Waals surface area contributed by atoms with Gasteiger partial charge in [0.15, 0.2) is 5.16 Å². The SMILES string of the molecule is CCCCSc1ncc2nc(CCCN)sc2n1. The third kappa shape index (κ3) is 3.63. The highest BCUT2D eigenvalue weighted by atomic mass is 32.2. The second kappa shape index (κ2) is 7.01. The standard InChI is InChI=1S/C12H18N4S2/c1-2-3-7-17-12-14-8-9-11(16-12)18-10(15-9)5-4-6-13/h8H,2-7,13H2,1H3. The number of nitrogens with two attached hydrogens (primary N) is 1. The van der Waals surface area contributed by atoms with E-state index >= 15 is 0 Å². The Hall–Kier alpha value is -0.720. The van der Waals surface area contributed by atoms with Gasteiger partial charge in [-0.3, -0.25) is 0 Å². The Bertz CT molecular complexity index is 498. The number of aromatic nitrogens is 3. The molecule has 2 N–H and O–H groups in total. The van der Waals surface area contributed by atoms with Crippen LogP contribution >= 0.6 is 23.1 Å². The van der Waals surface area contributed by atoms with Crippen LogP contribution in [0.3, 0.4) is 0 Å². The number of hydrogen-bond donors (Lipinski definition) is 1. The van der Waals surface area contributed by atoms with Crippen LogP contribution < -0.4 is 5.73 Å². The molecule has 2 rings (SSSR count). The number of unbranched alkanes of at least 4 members (excludes halogenated alkanes) is 1. The summed E-state index contributed by atoms with van der Waals surface area (Å²) in [6.07, 6.45) is 6.16. The molecule has 0 aliphatic heterocycles. The third-order valence-electron chi connectivity index (χ3n) is 2.50. The van der Waals surface area contributed by atoms with Crippen molar-refractivity contribution < 1.29 is 0 Å². The van der Waals surface area contributed by atoms with Crippen LogP contribution in [0.25, 0.3) is 10.3 Å². The van der Waals surface area contributed by atoms with E-state index in [0.29, 0.717) is 6.54 Å². The molecule has 2 aromatic rings. The van der Waals surface area contributed by atoms with Crippen LogP contribution in [0.2, 0.25) is 0 Å². The molecule has 0 aliphatic carbocycles. The lowest BCUT2D eigenvalue weighted by Crippen LogP contribution is -1.99. The Morgan fingerprint density at radius 2 is 2.22 bits per heavy atom. The van der Waals surface area contributed by atoms with Gasteiger partial charge in [0.05, 0.1) is 11.2 Å². The number of fused-ring (bicyclic) bond motifs is 1. The summed E-state index contributed by atoms with van der Waals surface area (Å²) in [7, 11) is 0. The van der Waals surface area contributed by atoms with Crippen LogP contribution in [-0.4, -0.2) is 27.2 Å². The molecule has 0 saturated carbocycles. The normalized spacial score (nSPS) is 11.2. The molecular formula is C12H18N4S2.